The van der Waals surface area contributed by atoms with Crippen LogP contribution < -0.4 is 11.1 Å². The number of carbonyl (C=O) groups is 2. The van der Waals surface area contributed by atoms with Gasteiger partial charge in [0, 0.05) is 19.7 Å². The fourth-order valence-electron chi connectivity index (χ4n) is 1.43. The second kappa shape index (κ2) is 6.44. The zero-order valence-electron chi connectivity index (χ0n) is 9.57. The van der Waals surface area contributed by atoms with Crippen molar-refractivity contribution in [2.75, 3.05) is 33.4 Å². The number of ether oxygens (including phenoxy) is 1. The van der Waals surface area contributed by atoms with Gasteiger partial charge >= 0.3 is 0 Å². The molecule has 0 unspecified atom stereocenters. The van der Waals surface area contributed by atoms with E-state index in [0.29, 0.717) is 19.2 Å². The van der Waals surface area contributed by atoms with Crippen molar-refractivity contribution in [1.29, 1.82) is 0 Å². The summed E-state index contributed by atoms with van der Waals surface area (Å²) in [6, 6.07) is 0.331. The van der Waals surface area contributed by atoms with Crippen LogP contribution in [-0.2, 0) is 14.3 Å². The van der Waals surface area contributed by atoms with Gasteiger partial charge in [0.2, 0.25) is 11.8 Å². The molecule has 0 aromatic carbocycles. The summed E-state index contributed by atoms with van der Waals surface area (Å²) in [5, 5.41) is 2.48. The fraction of sp³-hybridized carbons (Fsp3) is 0.800. The van der Waals surface area contributed by atoms with E-state index in [0.717, 1.165) is 12.8 Å². The van der Waals surface area contributed by atoms with E-state index in [-0.39, 0.29) is 24.9 Å². The van der Waals surface area contributed by atoms with Crippen LogP contribution in [0.25, 0.3) is 0 Å². The van der Waals surface area contributed by atoms with Crippen LogP contribution >= 0.6 is 0 Å². The zero-order valence-corrected chi connectivity index (χ0v) is 9.57. The molecular formula is C10H19N3O3. The highest BCUT2D eigenvalue weighted by Gasteiger charge is 2.31. The van der Waals surface area contributed by atoms with Gasteiger partial charge in [-0.25, -0.2) is 0 Å². The van der Waals surface area contributed by atoms with Crippen molar-refractivity contribution in [2.45, 2.75) is 18.9 Å². The van der Waals surface area contributed by atoms with Crippen molar-refractivity contribution in [3.8, 4) is 0 Å². The molecule has 1 fully saturated rings. The first-order chi connectivity index (χ1) is 7.69. The predicted octanol–water partition coefficient (Wildman–Crippen LogP) is -1.30. The lowest BCUT2D eigenvalue weighted by molar-refractivity contribution is -0.133. The molecule has 0 heterocycles. The highest BCUT2D eigenvalue weighted by molar-refractivity contribution is 5.85. The summed E-state index contributed by atoms with van der Waals surface area (Å²) in [6.07, 6.45) is 2.08. The van der Waals surface area contributed by atoms with E-state index in [1.54, 1.807) is 12.0 Å². The Morgan fingerprint density at radius 2 is 2.19 bits per heavy atom. The number of nitrogens with one attached hydrogen (secondary N) is 1. The molecule has 1 saturated carbocycles. The van der Waals surface area contributed by atoms with E-state index >= 15 is 0 Å². The average molecular weight is 229 g/mol. The highest BCUT2D eigenvalue weighted by atomic mass is 16.5. The SMILES string of the molecule is COCCN(C(=O)CNC(=O)CN)C1CC1. The number of nitrogens with zero attached hydrogens (tertiary/aromatic N) is 1. The minimum Gasteiger partial charge on any atom is -0.383 e. The minimum atomic E-state index is -0.309. The number of methoxy groups -OCH3 is 1. The van der Waals surface area contributed by atoms with Crippen molar-refractivity contribution in [1.82, 2.24) is 10.2 Å². The largest absolute Gasteiger partial charge is 0.383 e. The van der Waals surface area contributed by atoms with Gasteiger partial charge in [-0.15, -0.1) is 0 Å². The van der Waals surface area contributed by atoms with Crippen molar-refractivity contribution in [2.24, 2.45) is 5.73 Å². The van der Waals surface area contributed by atoms with Crippen molar-refractivity contribution in [3.05, 3.63) is 0 Å². The van der Waals surface area contributed by atoms with Gasteiger partial charge in [0.25, 0.3) is 0 Å². The van der Waals surface area contributed by atoms with Crippen LogP contribution in [0.2, 0.25) is 0 Å². The maximum Gasteiger partial charge on any atom is 0.242 e. The third-order valence-corrected chi connectivity index (χ3v) is 2.47. The van der Waals surface area contributed by atoms with Gasteiger partial charge in [-0.2, -0.15) is 0 Å². The van der Waals surface area contributed by atoms with Crippen LogP contribution in [0.5, 0.6) is 0 Å². The van der Waals surface area contributed by atoms with E-state index in [1.165, 1.54) is 0 Å². The lowest BCUT2D eigenvalue weighted by atomic mass is 10.4. The number of rotatable bonds is 7. The molecule has 1 rings (SSSR count). The lowest BCUT2D eigenvalue weighted by Crippen LogP contribution is -2.44. The molecule has 92 valence electrons. The van der Waals surface area contributed by atoms with Crippen LogP contribution in [0, 0.1) is 0 Å². The first kappa shape index (κ1) is 12.9. The van der Waals surface area contributed by atoms with Gasteiger partial charge in [0.15, 0.2) is 0 Å². The summed E-state index contributed by atoms with van der Waals surface area (Å²) in [5.41, 5.74) is 5.13. The van der Waals surface area contributed by atoms with Crippen LogP contribution in [0.15, 0.2) is 0 Å². The molecule has 0 spiro atoms. The number of carbonyl (C=O) groups excluding carboxylic acids is 2. The Hall–Kier alpha value is -1.14. The van der Waals surface area contributed by atoms with E-state index in [9.17, 15) is 9.59 Å². The van der Waals surface area contributed by atoms with Crippen molar-refractivity contribution in [3.63, 3.8) is 0 Å². The summed E-state index contributed by atoms with van der Waals surface area (Å²) in [4.78, 5) is 24.4. The second-order valence-corrected chi connectivity index (χ2v) is 3.79. The van der Waals surface area contributed by atoms with Crippen LogP contribution in [0.3, 0.4) is 0 Å². The average Bonchev–Trinajstić information content (AvgIpc) is 3.10. The lowest BCUT2D eigenvalue weighted by Gasteiger charge is -2.22. The van der Waals surface area contributed by atoms with Gasteiger partial charge in [0.05, 0.1) is 19.7 Å². The van der Waals surface area contributed by atoms with E-state index in [4.69, 9.17) is 10.5 Å². The summed E-state index contributed by atoms with van der Waals surface area (Å²) < 4.78 is 4.95. The summed E-state index contributed by atoms with van der Waals surface area (Å²) in [6.45, 7) is 1.04. The molecule has 0 aromatic rings. The summed E-state index contributed by atoms with van der Waals surface area (Å²) in [5.74, 6) is -0.378. The molecule has 16 heavy (non-hydrogen) atoms. The normalized spacial score (nSPS) is 14.6. The monoisotopic (exact) mass is 229 g/mol. The molecule has 2 amide bonds. The van der Waals surface area contributed by atoms with Crippen molar-refractivity contribution < 1.29 is 14.3 Å². The molecule has 0 aromatic heterocycles. The van der Waals surface area contributed by atoms with E-state index in [2.05, 4.69) is 5.32 Å². The number of nitrogens with two attached hydrogens (primary N) is 1. The smallest absolute Gasteiger partial charge is 0.242 e. The molecule has 3 N–H and O–H groups in total. The van der Waals surface area contributed by atoms with Crippen molar-refractivity contribution >= 4 is 11.8 Å². The topological polar surface area (TPSA) is 84.7 Å². The number of amides is 2. The molecule has 0 radical (unpaired) electrons. The van der Waals surface area contributed by atoms with Gasteiger partial charge in [-0.3, -0.25) is 9.59 Å². The third kappa shape index (κ3) is 4.16. The van der Waals surface area contributed by atoms with Gasteiger partial charge in [-0.1, -0.05) is 0 Å². The molecule has 0 saturated heterocycles. The first-order valence-electron chi connectivity index (χ1n) is 5.44. The Morgan fingerprint density at radius 3 is 2.69 bits per heavy atom. The predicted molar refractivity (Wildman–Crippen MR) is 58.7 cm³/mol. The van der Waals surface area contributed by atoms with Crippen LogP contribution in [0.4, 0.5) is 0 Å². The van der Waals surface area contributed by atoms with Gasteiger partial charge < -0.3 is 20.7 Å². The maximum absolute atomic E-state index is 11.8. The Balaban J connectivity index is 2.32. The maximum atomic E-state index is 11.8. The standard InChI is InChI=1S/C10H19N3O3/c1-16-5-4-13(8-2-3-8)10(15)7-12-9(14)6-11/h8H,2-7,11H2,1H3,(H,12,14). The number of hydrogen-bond donors (Lipinski definition) is 2. The highest BCUT2D eigenvalue weighted by Crippen LogP contribution is 2.26. The Labute approximate surface area is 95.1 Å². The molecule has 0 aliphatic heterocycles. The van der Waals surface area contributed by atoms with Crippen LogP contribution in [0.1, 0.15) is 12.8 Å². The quantitative estimate of drug-likeness (QED) is 0.568. The minimum absolute atomic E-state index is 0.0241. The first-order valence-corrected chi connectivity index (χ1v) is 5.44. The second-order valence-electron chi connectivity index (χ2n) is 3.79. The molecule has 0 atom stereocenters. The Kier molecular flexibility index (Phi) is 5.21. The Bertz CT molecular complexity index is 254. The fourth-order valence-corrected chi connectivity index (χ4v) is 1.43. The molecule has 6 nitrogen and oxygen atoms in total. The van der Waals surface area contributed by atoms with Crippen LogP contribution in [-0.4, -0.2) is 56.1 Å². The van der Waals surface area contributed by atoms with E-state index in [1.807, 2.05) is 0 Å². The third-order valence-electron chi connectivity index (χ3n) is 2.47. The molecule has 6 heteroatoms. The van der Waals surface area contributed by atoms with E-state index < -0.39 is 0 Å². The Morgan fingerprint density at radius 1 is 1.50 bits per heavy atom. The zero-order chi connectivity index (χ0) is 12.0. The summed E-state index contributed by atoms with van der Waals surface area (Å²) >= 11 is 0. The molecule has 1 aliphatic rings. The van der Waals surface area contributed by atoms with Gasteiger partial charge in [0.1, 0.15) is 0 Å². The summed E-state index contributed by atoms with van der Waals surface area (Å²) in [7, 11) is 1.60. The molecule has 1 aliphatic carbocycles. The van der Waals surface area contributed by atoms with Gasteiger partial charge in [-0.05, 0) is 12.8 Å². The molecular weight excluding hydrogens is 210 g/mol. The molecule has 0 bridgehead atoms. The number of hydrogen-bond acceptors (Lipinski definition) is 4.